The van der Waals surface area contributed by atoms with Crippen LogP contribution in [0, 0.1) is 6.92 Å². The maximum Gasteiger partial charge on any atom is 0.0433 e. The molecule has 0 N–H and O–H groups in total. The van der Waals surface area contributed by atoms with Crippen molar-refractivity contribution in [3.63, 3.8) is 0 Å². The highest BCUT2D eigenvalue weighted by Crippen LogP contribution is 2.53. The summed E-state index contributed by atoms with van der Waals surface area (Å²) in [5.41, 5.74) is 33.7. The predicted octanol–water partition coefficient (Wildman–Crippen LogP) is 42.2. The van der Waals surface area contributed by atoms with Crippen LogP contribution >= 0.6 is 34.0 Å². The van der Waals surface area contributed by atoms with Crippen molar-refractivity contribution in [3.8, 4) is 145 Å². The fourth-order valence-electron chi connectivity index (χ4n) is 22.9. The van der Waals surface area contributed by atoms with E-state index in [1.807, 2.05) is 34.0 Å². The summed E-state index contributed by atoms with van der Waals surface area (Å²) in [7, 11) is 0. The summed E-state index contributed by atoms with van der Waals surface area (Å²) in [6.07, 6.45) is 0. The fraction of sp³-hybridized carbons (Fsp3) is 0.00699. The lowest BCUT2D eigenvalue weighted by Crippen LogP contribution is -1.92. The van der Waals surface area contributed by atoms with Crippen LogP contribution in [0.25, 0.3) is 281 Å². The summed E-state index contributed by atoms with van der Waals surface area (Å²) in [6.45, 7) is 2.19. The van der Waals surface area contributed by atoms with E-state index in [-0.39, 0.29) is 0 Å². The van der Waals surface area contributed by atoms with Gasteiger partial charge in [0, 0.05) is 60.5 Å². The Kier molecular flexibility index (Phi) is 22.3. The van der Waals surface area contributed by atoms with E-state index in [4.69, 9.17) is 0 Å². The smallest absolute Gasteiger partial charge is 0.0433 e. The molecule has 0 saturated heterocycles. The molecular formula is C143H92S3. The summed E-state index contributed by atoms with van der Waals surface area (Å²) in [5.74, 6) is 0. The van der Waals surface area contributed by atoms with E-state index in [9.17, 15) is 0 Å². The molecule has 0 amide bonds. The topological polar surface area (TPSA) is 0 Å². The average Bonchev–Trinajstić information content (AvgIpc) is 1.20. The molecule has 3 heteroatoms. The molecule has 3 heterocycles. The SMILES string of the molecule is Cc1ccc2c(-c3ccccc3)c3cc(-c4cccc(-c5cccc6c5sc5ccccc56)c4)ccc3c(-c3ccccc3)c2c1.c1ccc(-c2c3ccccc3c(-c3ccc4ccccc4c3)c3ccc(-c4cccc(-c5cccc6c5sc5ccccc56)c4)cc23)cc1.c1ccc(-c2cccc(-c3c4ccccc4c(-c4ccccc4)c4cc(-c5cccc(-c6cccc7c6sc6ccccc67)c5)ccc34)c2)cc1. The molecule has 146 heavy (non-hydrogen) atoms. The van der Waals surface area contributed by atoms with Crippen LogP contribution in [-0.4, -0.2) is 0 Å². The highest BCUT2D eigenvalue weighted by Gasteiger charge is 2.25. The summed E-state index contributed by atoms with van der Waals surface area (Å²) in [5, 5.41) is 25.7. The first-order valence-electron chi connectivity index (χ1n) is 50.2. The number of rotatable bonds is 13. The number of aryl methyl sites for hydroxylation is 1. The van der Waals surface area contributed by atoms with Crippen molar-refractivity contribution in [2.45, 2.75) is 6.92 Å². The normalized spacial score (nSPS) is 11.6. The Bertz CT molecular complexity index is 10200. The third-order valence-electron chi connectivity index (χ3n) is 29.6. The molecule has 3 aromatic heterocycles. The molecule has 0 bridgehead atoms. The molecule has 0 radical (unpaired) electrons. The van der Waals surface area contributed by atoms with Crippen LogP contribution < -0.4 is 0 Å². The first kappa shape index (κ1) is 87.2. The Balaban J connectivity index is 0.000000109. The third kappa shape index (κ3) is 15.7. The minimum absolute atomic E-state index is 1.21. The first-order chi connectivity index (χ1) is 72.3. The van der Waals surface area contributed by atoms with E-state index in [1.165, 1.54) is 286 Å². The van der Waals surface area contributed by atoms with E-state index >= 15 is 0 Å². The van der Waals surface area contributed by atoms with Gasteiger partial charge in [-0.3, -0.25) is 0 Å². The van der Waals surface area contributed by atoms with Gasteiger partial charge in [0.2, 0.25) is 0 Å². The highest BCUT2D eigenvalue weighted by molar-refractivity contribution is 7.27. The first-order valence-corrected chi connectivity index (χ1v) is 52.6. The Hall–Kier alpha value is -17.8. The zero-order valence-electron chi connectivity index (χ0n) is 80.1. The van der Waals surface area contributed by atoms with Crippen LogP contribution in [0.15, 0.2) is 540 Å². The molecule has 0 nitrogen and oxygen atoms in total. The van der Waals surface area contributed by atoms with E-state index in [1.54, 1.807) is 0 Å². The van der Waals surface area contributed by atoms with Crippen LogP contribution in [0.5, 0.6) is 0 Å². The van der Waals surface area contributed by atoms with E-state index in [0.717, 1.165) is 0 Å². The van der Waals surface area contributed by atoms with Gasteiger partial charge in [-0.2, -0.15) is 0 Å². The molecule has 0 spiro atoms. The number of benzene rings is 26. The van der Waals surface area contributed by atoms with Crippen molar-refractivity contribution in [1.82, 2.24) is 0 Å². The van der Waals surface area contributed by atoms with Crippen LogP contribution in [0.2, 0.25) is 0 Å². The van der Waals surface area contributed by atoms with Crippen LogP contribution in [0.3, 0.4) is 0 Å². The lowest BCUT2D eigenvalue weighted by Gasteiger charge is -2.19. The maximum absolute atomic E-state index is 2.42. The van der Waals surface area contributed by atoms with Gasteiger partial charge in [-0.1, -0.05) is 479 Å². The summed E-state index contributed by atoms with van der Waals surface area (Å²) < 4.78 is 8.03. The van der Waals surface area contributed by atoms with Crippen LogP contribution in [-0.2, 0) is 0 Å². The molecule has 0 aliphatic rings. The van der Waals surface area contributed by atoms with Crippen molar-refractivity contribution >= 4 is 170 Å². The Labute approximate surface area is 859 Å². The number of hydrogen-bond donors (Lipinski definition) is 0. The number of hydrogen-bond acceptors (Lipinski definition) is 3. The molecule has 0 aliphatic heterocycles. The van der Waals surface area contributed by atoms with Gasteiger partial charge in [-0.25, -0.2) is 0 Å². The molecule has 0 unspecified atom stereocenters. The summed E-state index contributed by atoms with van der Waals surface area (Å²) in [6, 6.07) is 198. The molecule has 0 fully saturated rings. The average molecular weight is 1910 g/mol. The van der Waals surface area contributed by atoms with Gasteiger partial charge in [0.15, 0.2) is 0 Å². The minimum atomic E-state index is 1.21. The zero-order chi connectivity index (χ0) is 96.7. The van der Waals surface area contributed by atoms with Gasteiger partial charge in [0.25, 0.3) is 0 Å². The van der Waals surface area contributed by atoms with Crippen molar-refractivity contribution in [1.29, 1.82) is 0 Å². The Morgan fingerprint density at radius 1 is 0.116 bits per heavy atom. The van der Waals surface area contributed by atoms with Gasteiger partial charge in [-0.15, -0.1) is 34.0 Å². The summed E-state index contributed by atoms with van der Waals surface area (Å²) in [4.78, 5) is 0. The van der Waals surface area contributed by atoms with Gasteiger partial charge in [-0.05, 0) is 294 Å². The maximum atomic E-state index is 2.42. The quantitative estimate of drug-likeness (QED) is 0.101. The van der Waals surface area contributed by atoms with E-state index in [2.05, 4.69) is 547 Å². The molecule has 29 rings (SSSR count). The fourth-order valence-corrected chi connectivity index (χ4v) is 26.6. The Morgan fingerprint density at radius 3 is 0.705 bits per heavy atom. The van der Waals surface area contributed by atoms with E-state index < -0.39 is 0 Å². The second-order valence-electron chi connectivity index (χ2n) is 38.2. The summed E-state index contributed by atoms with van der Waals surface area (Å²) >= 11 is 5.66. The third-order valence-corrected chi connectivity index (χ3v) is 33.3. The van der Waals surface area contributed by atoms with Crippen molar-refractivity contribution in [2.75, 3.05) is 0 Å². The van der Waals surface area contributed by atoms with Crippen LogP contribution in [0.1, 0.15) is 5.56 Å². The lowest BCUT2D eigenvalue weighted by atomic mass is 9.84. The van der Waals surface area contributed by atoms with E-state index in [0.29, 0.717) is 0 Å². The molecule has 0 atom stereocenters. The van der Waals surface area contributed by atoms with Crippen molar-refractivity contribution < 1.29 is 0 Å². The second kappa shape index (κ2) is 37.3. The van der Waals surface area contributed by atoms with Crippen molar-refractivity contribution in [2.24, 2.45) is 0 Å². The largest absolute Gasteiger partial charge is 0.135 e. The van der Waals surface area contributed by atoms with Gasteiger partial charge >= 0.3 is 0 Å². The van der Waals surface area contributed by atoms with Gasteiger partial charge in [0.05, 0.1) is 0 Å². The predicted molar refractivity (Wildman–Crippen MR) is 636 cm³/mol. The molecule has 682 valence electrons. The monoisotopic (exact) mass is 1900 g/mol. The number of thiophene rings is 3. The molecular weight excluding hydrogens is 1810 g/mol. The molecule has 0 saturated carbocycles. The second-order valence-corrected chi connectivity index (χ2v) is 41.4. The standard InChI is InChI=1S/C50H32S.C48H30S.C45H30S/c1-3-14-33(15-4-1)35-18-12-21-39(31-35)49-43-24-8-7-23-42(43)48(34-16-5-2-6-17-34)46-32-37(28-29-44(46)49)36-19-11-20-38(30-36)40-25-13-26-45-41-22-9-10-27-47(41)51-50(40)45;1-2-13-32(14-3-1)46-40-19-6-7-20-41(40)47(37-25-24-31-12-4-5-15-33(31)29-37)42-27-26-35(30-44(42)46)34-16-10-17-36(28-34)38-21-11-22-43-39-18-8-9-23-45(39)49-48(38)43;1-29-22-24-37-40(26-29)43(30-12-4-2-5-13-30)38-25-23-33(28-41(38)44(37)31-14-6-3-7-15-31)32-16-10-17-34(27-32)35-19-11-20-39-36-18-8-9-21-42(36)46-45(35)39/h1-32H;1-30H;2-28H,1H3. The molecule has 26 aromatic carbocycles. The molecule has 0 aliphatic carbocycles. The highest BCUT2D eigenvalue weighted by atomic mass is 32.1. The lowest BCUT2D eigenvalue weighted by molar-refractivity contribution is 1.51. The molecule has 29 aromatic rings. The van der Waals surface area contributed by atoms with Gasteiger partial charge < -0.3 is 0 Å². The number of fused-ring (bicyclic) bond motifs is 16. The zero-order valence-corrected chi connectivity index (χ0v) is 82.6. The Morgan fingerprint density at radius 2 is 0.342 bits per heavy atom. The van der Waals surface area contributed by atoms with Crippen LogP contribution in [0.4, 0.5) is 0 Å². The minimum Gasteiger partial charge on any atom is -0.135 e. The van der Waals surface area contributed by atoms with Crippen molar-refractivity contribution in [3.05, 3.63) is 545 Å². The van der Waals surface area contributed by atoms with Gasteiger partial charge in [0.1, 0.15) is 0 Å².